The summed E-state index contributed by atoms with van der Waals surface area (Å²) in [5.74, 6) is 2.28. The van der Waals surface area contributed by atoms with Gasteiger partial charge in [-0.05, 0) is 18.7 Å². The molecule has 2 heterocycles. The monoisotopic (exact) mass is 286 g/mol. The van der Waals surface area contributed by atoms with Crippen molar-refractivity contribution in [3.05, 3.63) is 22.5 Å². The Balaban J connectivity index is 1.82. The van der Waals surface area contributed by atoms with Crippen molar-refractivity contribution in [1.82, 2.24) is 14.7 Å². The van der Waals surface area contributed by atoms with Gasteiger partial charge in [0.1, 0.15) is 12.4 Å². The van der Waals surface area contributed by atoms with Gasteiger partial charge in [0, 0.05) is 18.8 Å². The van der Waals surface area contributed by atoms with Crippen LogP contribution in [0, 0.1) is 10.1 Å². The van der Waals surface area contributed by atoms with Crippen molar-refractivity contribution in [3.63, 3.8) is 0 Å². The number of β-amino-alcohol motifs (C(OH)–C–C–N with tert-alkyl or cyclic N) is 1. The van der Waals surface area contributed by atoms with Crippen LogP contribution in [-0.4, -0.2) is 62.0 Å². The zero-order chi connectivity index (χ0) is 13.7. The molecule has 0 radical (unpaired) electrons. The van der Waals surface area contributed by atoms with Gasteiger partial charge in [0.05, 0.1) is 17.6 Å². The van der Waals surface area contributed by atoms with Crippen molar-refractivity contribution in [3.8, 4) is 0 Å². The molecule has 1 fully saturated rings. The molecule has 1 unspecified atom stereocenters. The molecule has 106 valence electrons. The zero-order valence-corrected chi connectivity index (χ0v) is 11.5. The standard InChI is InChI=1S/C11H18N4O3S/c16-11(8-13-2-1-4-19-5-3-13)9-14-7-10(6-12-14)15(17)18/h6-7,11,16H,1-5,8-9H2. The molecule has 1 aromatic rings. The third-order valence-electron chi connectivity index (χ3n) is 3.01. The summed E-state index contributed by atoms with van der Waals surface area (Å²) in [6.45, 7) is 2.87. The Morgan fingerprint density at radius 2 is 2.32 bits per heavy atom. The molecule has 0 aromatic carbocycles. The van der Waals surface area contributed by atoms with Gasteiger partial charge >= 0.3 is 5.69 Å². The van der Waals surface area contributed by atoms with Crippen molar-refractivity contribution in [2.75, 3.05) is 31.1 Å². The molecule has 7 nitrogen and oxygen atoms in total. The van der Waals surface area contributed by atoms with Crippen LogP contribution in [0.3, 0.4) is 0 Å². The third kappa shape index (κ3) is 4.48. The Kier molecular flexibility index (Phi) is 5.17. The molecule has 0 aliphatic carbocycles. The van der Waals surface area contributed by atoms with Gasteiger partial charge in [-0.2, -0.15) is 16.9 Å². The number of nitro groups is 1. The van der Waals surface area contributed by atoms with E-state index in [2.05, 4.69) is 10.00 Å². The summed E-state index contributed by atoms with van der Waals surface area (Å²) < 4.78 is 1.43. The maximum absolute atomic E-state index is 10.5. The second-order valence-corrected chi connectivity index (χ2v) is 5.82. The molecule has 1 N–H and O–H groups in total. The van der Waals surface area contributed by atoms with E-state index in [1.165, 1.54) is 22.8 Å². The molecule has 2 rings (SSSR count). The second-order valence-electron chi connectivity index (χ2n) is 4.60. The summed E-state index contributed by atoms with van der Waals surface area (Å²) in [6.07, 6.45) is 3.14. The van der Waals surface area contributed by atoms with Crippen LogP contribution in [0.2, 0.25) is 0 Å². The van der Waals surface area contributed by atoms with E-state index in [9.17, 15) is 15.2 Å². The highest BCUT2D eigenvalue weighted by atomic mass is 32.2. The maximum atomic E-state index is 10.5. The quantitative estimate of drug-likeness (QED) is 0.630. The van der Waals surface area contributed by atoms with Crippen LogP contribution in [0.25, 0.3) is 0 Å². The highest BCUT2D eigenvalue weighted by molar-refractivity contribution is 7.99. The minimum absolute atomic E-state index is 0.0432. The van der Waals surface area contributed by atoms with Crippen molar-refractivity contribution in [2.24, 2.45) is 0 Å². The first-order valence-electron chi connectivity index (χ1n) is 6.30. The summed E-state index contributed by atoms with van der Waals surface area (Å²) in [6, 6.07) is 0. The Morgan fingerprint density at radius 1 is 1.47 bits per heavy atom. The van der Waals surface area contributed by atoms with Gasteiger partial charge in [0.15, 0.2) is 0 Å². The topological polar surface area (TPSA) is 84.4 Å². The molecule has 0 amide bonds. The lowest BCUT2D eigenvalue weighted by Crippen LogP contribution is -2.36. The summed E-state index contributed by atoms with van der Waals surface area (Å²) in [7, 11) is 0. The molecule has 0 spiro atoms. The maximum Gasteiger partial charge on any atom is 0.306 e. The Labute approximate surface area is 115 Å². The fourth-order valence-electron chi connectivity index (χ4n) is 2.10. The van der Waals surface area contributed by atoms with E-state index >= 15 is 0 Å². The molecule has 0 bridgehead atoms. The average Bonchev–Trinajstić information content (AvgIpc) is 2.67. The molecule has 1 aliphatic rings. The molecular weight excluding hydrogens is 268 g/mol. The first-order valence-corrected chi connectivity index (χ1v) is 7.45. The van der Waals surface area contributed by atoms with Crippen molar-refractivity contribution >= 4 is 17.4 Å². The zero-order valence-electron chi connectivity index (χ0n) is 10.6. The molecular formula is C11H18N4O3S. The van der Waals surface area contributed by atoms with Gasteiger partial charge in [0.25, 0.3) is 0 Å². The normalized spacial score (nSPS) is 19.0. The van der Waals surface area contributed by atoms with E-state index in [0.717, 1.165) is 25.3 Å². The van der Waals surface area contributed by atoms with E-state index in [1.807, 2.05) is 11.8 Å². The fourth-order valence-corrected chi connectivity index (χ4v) is 3.02. The van der Waals surface area contributed by atoms with Crippen molar-refractivity contribution in [1.29, 1.82) is 0 Å². The van der Waals surface area contributed by atoms with E-state index in [0.29, 0.717) is 6.54 Å². The molecule has 0 saturated carbocycles. The van der Waals surface area contributed by atoms with Gasteiger partial charge in [-0.25, -0.2) is 0 Å². The van der Waals surface area contributed by atoms with Crippen LogP contribution in [0.4, 0.5) is 5.69 Å². The molecule has 1 atom stereocenters. The van der Waals surface area contributed by atoms with E-state index in [4.69, 9.17) is 0 Å². The number of nitrogens with zero attached hydrogens (tertiary/aromatic N) is 4. The Morgan fingerprint density at radius 3 is 3.05 bits per heavy atom. The molecule has 1 aromatic heterocycles. The number of aliphatic hydroxyl groups excluding tert-OH is 1. The minimum atomic E-state index is -0.553. The number of aromatic nitrogens is 2. The van der Waals surface area contributed by atoms with E-state index < -0.39 is 11.0 Å². The van der Waals surface area contributed by atoms with Crippen LogP contribution in [0.15, 0.2) is 12.4 Å². The number of rotatable bonds is 5. The van der Waals surface area contributed by atoms with Gasteiger partial charge in [-0.3, -0.25) is 19.7 Å². The van der Waals surface area contributed by atoms with Crippen molar-refractivity contribution in [2.45, 2.75) is 19.1 Å². The number of hydrogen-bond donors (Lipinski definition) is 1. The Hall–Kier alpha value is -1.12. The number of aliphatic hydroxyl groups is 1. The molecule has 8 heteroatoms. The Bertz CT molecular complexity index is 418. The smallest absolute Gasteiger partial charge is 0.306 e. The highest BCUT2D eigenvalue weighted by Gasteiger charge is 2.16. The van der Waals surface area contributed by atoms with Crippen LogP contribution < -0.4 is 0 Å². The van der Waals surface area contributed by atoms with Gasteiger partial charge in [0.2, 0.25) is 0 Å². The van der Waals surface area contributed by atoms with Crippen molar-refractivity contribution < 1.29 is 10.0 Å². The molecule has 1 aliphatic heterocycles. The lowest BCUT2D eigenvalue weighted by Gasteiger charge is -2.22. The third-order valence-corrected chi connectivity index (χ3v) is 4.06. The van der Waals surface area contributed by atoms with Crippen LogP contribution in [-0.2, 0) is 6.54 Å². The van der Waals surface area contributed by atoms with Gasteiger partial charge in [-0.1, -0.05) is 0 Å². The number of thioether (sulfide) groups is 1. The summed E-state index contributed by atoms with van der Waals surface area (Å²) >= 11 is 1.94. The predicted molar refractivity (Wildman–Crippen MR) is 73.3 cm³/mol. The molecule has 1 saturated heterocycles. The summed E-state index contributed by atoms with van der Waals surface area (Å²) in [4.78, 5) is 12.3. The summed E-state index contributed by atoms with van der Waals surface area (Å²) in [5, 5.41) is 24.4. The van der Waals surface area contributed by atoms with Crippen LogP contribution in [0.5, 0.6) is 0 Å². The lowest BCUT2D eigenvalue weighted by atomic mass is 10.3. The molecule has 19 heavy (non-hydrogen) atoms. The highest BCUT2D eigenvalue weighted by Crippen LogP contribution is 2.11. The van der Waals surface area contributed by atoms with E-state index in [-0.39, 0.29) is 12.2 Å². The number of hydrogen-bond acceptors (Lipinski definition) is 6. The first kappa shape index (κ1) is 14.3. The average molecular weight is 286 g/mol. The van der Waals surface area contributed by atoms with E-state index in [1.54, 1.807) is 0 Å². The van der Waals surface area contributed by atoms with Crippen LogP contribution >= 0.6 is 11.8 Å². The lowest BCUT2D eigenvalue weighted by molar-refractivity contribution is -0.385. The summed E-state index contributed by atoms with van der Waals surface area (Å²) in [5.41, 5.74) is -0.0432. The van der Waals surface area contributed by atoms with Gasteiger partial charge < -0.3 is 5.11 Å². The predicted octanol–water partition coefficient (Wildman–Crippen LogP) is 0.591. The fraction of sp³-hybridized carbons (Fsp3) is 0.727. The van der Waals surface area contributed by atoms with Gasteiger partial charge in [-0.15, -0.1) is 0 Å². The second kappa shape index (κ2) is 6.88. The largest absolute Gasteiger partial charge is 0.390 e. The first-order chi connectivity index (χ1) is 9.15. The van der Waals surface area contributed by atoms with Crippen LogP contribution in [0.1, 0.15) is 6.42 Å². The SMILES string of the molecule is O=[N+]([O-])c1cnn(CC(O)CN2CCCSCC2)c1. The minimum Gasteiger partial charge on any atom is -0.390 e.